The van der Waals surface area contributed by atoms with Gasteiger partial charge in [-0.3, -0.25) is 4.79 Å². The number of hydrogen-bond acceptors (Lipinski definition) is 3. The Morgan fingerprint density at radius 2 is 2.05 bits per heavy atom. The molecule has 2 rings (SSSR count). The van der Waals surface area contributed by atoms with E-state index in [4.69, 9.17) is 16.3 Å². The molecule has 0 spiro atoms. The standard InChI is InChI=1S/C14H12ClNO3/c1-19-11-4-2-3-9(7-11)14(18)16-13-6-5-10(17)8-12(13)15/h2-8,17H,1H3,(H,16,18). The first kappa shape index (κ1) is 13.2. The summed E-state index contributed by atoms with van der Waals surface area (Å²) in [6.07, 6.45) is 0. The van der Waals surface area contributed by atoms with E-state index in [-0.39, 0.29) is 16.7 Å². The second kappa shape index (κ2) is 5.63. The lowest BCUT2D eigenvalue weighted by molar-refractivity contribution is 0.102. The molecule has 4 nitrogen and oxygen atoms in total. The Morgan fingerprint density at radius 3 is 2.74 bits per heavy atom. The minimum absolute atomic E-state index is 0.0457. The number of carbonyl (C=O) groups excluding carboxylic acids is 1. The fraction of sp³-hybridized carbons (Fsp3) is 0.0714. The molecule has 0 fully saturated rings. The maximum absolute atomic E-state index is 12.0. The number of aromatic hydroxyl groups is 1. The molecular formula is C14H12ClNO3. The van der Waals surface area contributed by atoms with Crippen molar-refractivity contribution >= 4 is 23.2 Å². The molecule has 0 bridgehead atoms. The Hall–Kier alpha value is -2.20. The van der Waals surface area contributed by atoms with Crippen LogP contribution in [0, 0.1) is 0 Å². The Balaban J connectivity index is 2.20. The third kappa shape index (κ3) is 3.17. The summed E-state index contributed by atoms with van der Waals surface area (Å²) >= 11 is 5.92. The number of methoxy groups -OCH3 is 1. The summed E-state index contributed by atoms with van der Waals surface area (Å²) in [5.41, 5.74) is 0.899. The van der Waals surface area contributed by atoms with Crippen molar-refractivity contribution in [3.63, 3.8) is 0 Å². The van der Waals surface area contributed by atoms with Crippen molar-refractivity contribution in [2.24, 2.45) is 0 Å². The monoisotopic (exact) mass is 277 g/mol. The highest BCUT2D eigenvalue weighted by atomic mass is 35.5. The average molecular weight is 278 g/mol. The van der Waals surface area contributed by atoms with Crippen LogP contribution in [0.15, 0.2) is 42.5 Å². The van der Waals surface area contributed by atoms with Gasteiger partial charge in [0.25, 0.3) is 5.91 Å². The molecule has 98 valence electrons. The number of benzene rings is 2. The molecule has 1 amide bonds. The minimum Gasteiger partial charge on any atom is -0.508 e. The Bertz CT molecular complexity index is 613. The summed E-state index contributed by atoms with van der Waals surface area (Å²) in [6.45, 7) is 0. The lowest BCUT2D eigenvalue weighted by Crippen LogP contribution is -2.12. The van der Waals surface area contributed by atoms with Crippen molar-refractivity contribution in [3.8, 4) is 11.5 Å². The predicted molar refractivity (Wildman–Crippen MR) is 74.1 cm³/mol. The van der Waals surface area contributed by atoms with Crippen LogP contribution in [0.25, 0.3) is 0 Å². The van der Waals surface area contributed by atoms with E-state index >= 15 is 0 Å². The molecule has 2 N–H and O–H groups in total. The van der Waals surface area contributed by atoms with Gasteiger partial charge in [0.2, 0.25) is 0 Å². The molecule has 0 heterocycles. The quantitative estimate of drug-likeness (QED) is 0.846. The van der Waals surface area contributed by atoms with Crippen molar-refractivity contribution in [1.82, 2.24) is 0 Å². The van der Waals surface area contributed by atoms with Crippen LogP contribution < -0.4 is 10.1 Å². The van der Waals surface area contributed by atoms with Crippen molar-refractivity contribution in [3.05, 3.63) is 53.1 Å². The van der Waals surface area contributed by atoms with Gasteiger partial charge < -0.3 is 15.2 Å². The highest BCUT2D eigenvalue weighted by Crippen LogP contribution is 2.26. The maximum atomic E-state index is 12.0. The van der Waals surface area contributed by atoms with E-state index in [2.05, 4.69) is 5.32 Å². The van der Waals surface area contributed by atoms with Crippen molar-refractivity contribution in [2.45, 2.75) is 0 Å². The zero-order valence-electron chi connectivity index (χ0n) is 10.2. The van der Waals surface area contributed by atoms with Gasteiger partial charge in [0.15, 0.2) is 0 Å². The van der Waals surface area contributed by atoms with Gasteiger partial charge in [0, 0.05) is 11.6 Å². The van der Waals surface area contributed by atoms with E-state index in [1.54, 1.807) is 24.3 Å². The smallest absolute Gasteiger partial charge is 0.255 e. The highest BCUT2D eigenvalue weighted by Gasteiger charge is 2.09. The van der Waals surface area contributed by atoms with Crippen LogP contribution in [0.2, 0.25) is 5.02 Å². The topological polar surface area (TPSA) is 58.6 Å². The SMILES string of the molecule is COc1cccc(C(=O)Nc2ccc(O)cc2Cl)c1. The molecule has 0 aliphatic heterocycles. The zero-order chi connectivity index (χ0) is 13.8. The molecule has 0 aliphatic rings. The summed E-state index contributed by atoms with van der Waals surface area (Å²) < 4.78 is 5.06. The van der Waals surface area contributed by atoms with Crippen LogP contribution >= 0.6 is 11.6 Å². The fourth-order valence-corrected chi connectivity index (χ4v) is 1.79. The number of halogens is 1. The third-order valence-corrected chi connectivity index (χ3v) is 2.85. The highest BCUT2D eigenvalue weighted by molar-refractivity contribution is 6.34. The zero-order valence-corrected chi connectivity index (χ0v) is 10.9. The normalized spacial score (nSPS) is 10.0. The number of rotatable bonds is 3. The molecule has 0 saturated carbocycles. The van der Waals surface area contributed by atoms with E-state index in [0.29, 0.717) is 17.0 Å². The number of hydrogen-bond donors (Lipinski definition) is 2. The summed E-state index contributed by atoms with van der Waals surface area (Å²) in [5.74, 6) is 0.348. The first-order valence-corrected chi connectivity index (χ1v) is 5.92. The van der Waals surface area contributed by atoms with Gasteiger partial charge in [-0.25, -0.2) is 0 Å². The molecule has 0 unspecified atom stereocenters. The van der Waals surface area contributed by atoms with Crippen molar-refractivity contribution in [1.29, 1.82) is 0 Å². The number of anilines is 1. The van der Waals surface area contributed by atoms with Crippen LogP contribution in [0.1, 0.15) is 10.4 Å². The number of carbonyl (C=O) groups is 1. The first-order valence-electron chi connectivity index (χ1n) is 5.54. The van der Waals surface area contributed by atoms with E-state index < -0.39 is 0 Å². The number of phenolic OH excluding ortho intramolecular Hbond substituents is 1. The van der Waals surface area contributed by atoms with Crippen LogP contribution in [-0.4, -0.2) is 18.1 Å². The van der Waals surface area contributed by atoms with Gasteiger partial charge >= 0.3 is 0 Å². The molecule has 5 heteroatoms. The van der Waals surface area contributed by atoms with Gasteiger partial charge in [-0.05, 0) is 30.3 Å². The predicted octanol–water partition coefficient (Wildman–Crippen LogP) is 3.31. The van der Waals surface area contributed by atoms with E-state index in [0.717, 1.165) is 0 Å². The minimum atomic E-state index is -0.300. The Kier molecular flexibility index (Phi) is 3.92. The van der Waals surface area contributed by atoms with Gasteiger partial charge in [-0.15, -0.1) is 0 Å². The summed E-state index contributed by atoms with van der Waals surface area (Å²) in [5, 5.41) is 12.2. The lowest BCUT2D eigenvalue weighted by atomic mass is 10.2. The second-order valence-electron chi connectivity index (χ2n) is 3.85. The summed E-state index contributed by atoms with van der Waals surface area (Å²) in [7, 11) is 1.54. The largest absolute Gasteiger partial charge is 0.508 e. The third-order valence-electron chi connectivity index (χ3n) is 2.53. The number of ether oxygens (including phenoxy) is 1. The van der Waals surface area contributed by atoms with Crippen LogP contribution in [0.4, 0.5) is 5.69 Å². The van der Waals surface area contributed by atoms with E-state index in [9.17, 15) is 9.90 Å². The number of phenols is 1. The van der Waals surface area contributed by atoms with Crippen LogP contribution in [0.3, 0.4) is 0 Å². The molecule has 2 aromatic rings. The van der Waals surface area contributed by atoms with E-state index in [1.165, 1.54) is 25.3 Å². The first-order chi connectivity index (χ1) is 9.10. The molecular weight excluding hydrogens is 266 g/mol. The maximum Gasteiger partial charge on any atom is 0.255 e. The van der Waals surface area contributed by atoms with E-state index in [1.807, 2.05) is 0 Å². The van der Waals surface area contributed by atoms with Gasteiger partial charge in [0.1, 0.15) is 11.5 Å². The molecule has 0 saturated heterocycles. The molecule has 0 atom stereocenters. The van der Waals surface area contributed by atoms with Crippen molar-refractivity contribution in [2.75, 3.05) is 12.4 Å². The van der Waals surface area contributed by atoms with Gasteiger partial charge in [0.05, 0.1) is 17.8 Å². The molecule has 0 aromatic heterocycles. The number of nitrogens with one attached hydrogen (secondary N) is 1. The van der Waals surface area contributed by atoms with Crippen LogP contribution in [-0.2, 0) is 0 Å². The Morgan fingerprint density at radius 1 is 1.26 bits per heavy atom. The average Bonchev–Trinajstić information content (AvgIpc) is 2.42. The van der Waals surface area contributed by atoms with Gasteiger partial charge in [-0.2, -0.15) is 0 Å². The second-order valence-corrected chi connectivity index (χ2v) is 4.26. The summed E-state index contributed by atoms with van der Waals surface area (Å²) in [4.78, 5) is 12.0. The number of amides is 1. The fourth-order valence-electron chi connectivity index (χ4n) is 1.56. The molecule has 0 radical (unpaired) electrons. The Labute approximate surface area is 115 Å². The lowest BCUT2D eigenvalue weighted by Gasteiger charge is -2.08. The molecule has 2 aromatic carbocycles. The summed E-state index contributed by atoms with van der Waals surface area (Å²) in [6, 6.07) is 11.1. The van der Waals surface area contributed by atoms with Crippen molar-refractivity contribution < 1.29 is 14.6 Å². The molecule has 19 heavy (non-hydrogen) atoms. The van der Waals surface area contributed by atoms with Crippen LogP contribution in [0.5, 0.6) is 11.5 Å². The molecule has 0 aliphatic carbocycles. The van der Waals surface area contributed by atoms with Gasteiger partial charge in [-0.1, -0.05) is 17.7 Å².